The van der Waals surface area contributed by atoms with Crippen LogP contribution in [-0.2, 0) is 0 Å². The van der Waals surface area contributed by atoms with Crippen LogP contribution in [-0.4, -0.2) is 23.3 Å². The predicted molar refractivity (Wildman–Crippen MR) is 421 cm³/mol. The quantitative estimate of drug-likeness (QED) is 0.160. The Labute approximate surface area is 577 Å². The molecule has 0 saturated carbocycles. The van der Waals surface area contributed by atoms with Gasteiger partial charge in [0.2, 0.25) is 0 Å². The summed E-state index contributed by atoms with van der Waals surface area (Å²) >= 11 is 5.60. The van der Waals surface area contributed by atoms with Gasteiger partial charge in [0, 0.05) is 105 Å². The maximum atomic E-state index is 9.67. The zero-order chi connectivity index (χ0) is 64.7. The minimum absolute atomic E-state index is 0.644. The zero-order valence-corrected chi connectivity index (χ0v) is 55.2. The molecule has 0 unspecified atom stereocenters. The van der Waals surface area contributed by atoms with Crippen LogP contribution in [0.25, 0.3) is 204 Å². The molecule has 0 atom stereocenters. The highest BCUT2D eigenvalue weighted by Crippen LogP contribution is 2.49. The minimum atomic E-state index is 0.644. The van der Waals surface area contributed by atoms with E-state index < -0.39 is 0 Å². The van der Waals surface area contributed by atoms with E-state index in [2.05, 4.69) is 297 Å². The second-order valence-corrected chi connectivity index (χ2v) is 29.3. The molecule has 0 aliphatic heterocycles. The third-order valence-corrected chi connectivity index (χ3v) is 24.3. The number of pyridine rings is 1. The molecule has 8 heterocycles. The highest BCUT2D eigenvalue weighted by molar-refractivity contribution is 7.27. The summed E-state index contributed by atoms with van der Waals surface area (Å²) in [6.45, 7) is 0. The zero-order valence-electron chi connectivity index (χ0n) is 52.8. The summed E-state index contributed by atoms with van der Waals surface area (Å²) in [5, 5.41) is 25.6. The molecule has 0 fully saturated rings. The van der Waals surface area contributed by atoms with E-state index in [0.717, 1.165) is 99.8 Å². The second kappa shape index (κ2) is 20.8. The van der Waals surface area contributed by atoms with Crippen molar-refractivity contribution in [2.24, 2.45) is 0 Å². The van der Waals surface area contributed by atoms with E-state index in [1.165, 1.54) is 104 Å². The molecule has 9 heteroatoms. The summed E-state index contributed by atoms with van der Waals surface area (Å²) in [6.07, 6.45) is 1.93. The van der Waals surface area contributed by atoms with Crippen molar-refractivity contribution >= 4 is 182 Å². The molecule has 22 rings (SSSR count). The molecule has 458 valence electrons. The average molecular weight is 1310 g/mol. The van der Waals surface area contributed by atoms with Crippen LogP contribution < -0.4 is 0 Å². The van der Waals surface area contributed by atoms with Crippen molar-refractivity contribution in [1.29, 1.82) is 5.26 Å². The lowest BCUT2D eigenvalue weighted by atomic mass is 9.98. The van der Waals surface area contributed by atoms with E-state index >= 15 is 0 Å². The summed E-state index contributed by atoms with van der Waals surface area (Å²) < 4.78 is 17.4. The molecular weight excluding hydrogens is 1260 g/mol. The van der Waals surface area contributed by atoms with Gasteiger partial charge in [-0.05, 0) is 191 Å². The molecule has 0 saturated heterocycles. The first kappa shape index (κ1) is 54.8. The van der Waals surface area contributed by atoms with Gasteiger partial charge < -0.3 is 18.3 Å². The fourth-order valence-corrected chi connectivity index (χ4v) is 20.0. The lowest BCUT2D eigenvalue weighted by Crippen LogP contribution is -1.96. The van der Waals surface area contributed by atoms with Crippen molar-refractivity contribution in [2.75, 3.05) is 0 Å². The average Bonchev–Trinajstić information content (AvgIpc) is 1.59. The molecule has 0 aliphatic carbocycles. The van der Waals surface area contributed by atoms with Crippen molar-refractivity contribution in [1.82, 2.24) is 23.3 Å². The van der Waals surface area contributed by atoms with Crippen molar-refractivity contribution in [3.63, 3.8) is 0 Å². The summed E-state index contributed by atoms with van der Waals surface area (Å²) in [5.41, 5.74) is 22.2. The first-order chi connectivity index (χ1) is 49.0. The lowest BCUT2D eigenvalue weighted by Gasteiger charge is -2.14. The predicted octanol–water partition coefficient (Wildman–Crippen LogP) is 25.4. The molecular formula is C90H50N6S3. The molecule has 99 heavy (non-hydrogen) atoms. The first-order valence-electron chi connectivity index (χ1n) is 33.4. The van der Waals surface area contributed by atoms with Crippen LogP contribution in [0.1, 0.15) is 5.56 Å². The first-order valence-corrected chi connectivity index (χ1v) is 35.8. The highest BCUT2D eigenvalue weighted by Gasteiger charge is 2.25. The van der Waals surface area contributed by atoms with Crippen LogP contribution in [0.5, 0.6) is 0 Å². The van der Waals surface area contributed by atoms with E-state index in [0.29, 0.717) is 5.56 Å². The van der Waals surface area contributed by atoms with Gasteiger partial charge in [-0.25, -0.2) is 0 Å². The Morgan fingerprint density at radius 3 is 1.31 bits per heavy atom. The van der Waals surface area contributed by atoms with Crippen LogP contribution in [0.3, 0.4) is 0 Å². The molecule has 0 radical (unpaired) electrons. The fourth-order valence-electron chi connectivity index (χ4n) is 16.5. The minimum Gasteiger partial charge on any atom is -0.309 e. The van der Waals surface area contributed by atoms with Crippen LogP contribution >= 0.6 is 34.0 Å². The molecule has 0 amide bonds. The third-order valence-electron chi connectivity index (χ3n) is 20.8. The van der Waals surface area contributed by atoms with E-state index in [-0.39, 0.29) is 0 Å². The Morgan fingerprint density at radius 2 is 0.687 bits per heavy atom. The molecule has 8 aromatic heterocycles. The van der Waals surface area contributed by atoms with Gasteiger partial charge in [-0.2, -0.15) is 5.26 Å². The lowest BCUT2D eigenvalue weighted by molar-refractivity contribution is 1.18. The summed E-state index contributed by atoms with van der Waals surface area (Å²) in [6, 6.07) is 112. The number of hydrogen-bond acceptors (Lipinski definition) is 5. The molecule has 6 nitrogen and oxygen atoms in total. The second-order valence-electron chi connectivity index (χ2n) is 26.0. The van der Waals surface area contributed by atoms with Gasteiger partial charge in [-0.3, -0.25) is 4.98 Å². The Hall–Kier alpha value is -12.4. The highest BCUT2D eigenvalue weighted by atomic mass is 32.1. The van der Waals surface area contributed by atoms with Crippen molar-refractivity contribution in [3.8, 4) is 62.2 Å². The van der Waals surface area contributed by atoms with Crippen LogP contribution in [0.4, 0.5) is 0 Å². The topological polar surface area (TPSA) is 56.4 Å². The smallest absolute Gasteiger partial charge is 0.0991 e. The van der Waals surface area contributed by atoms with Gasteiger partial charge in [-0.1, -0.05) is 140 Å². The Bertz CT molecular complexity index is 7320. The van der Waals surface area contributed by atoms with E-state index in [4.69, 9.17) is 4.98 Å². The molecule has 22 aromatic rings. The SMILES string of the molecule is N#Cc1ccc(-n2c3ccccc3c3cc(-c4ccc5c(c4)c4cc(-c6cc(-n7c8ccccc8c8cc(-c9ccc%10c(c9)c9ncccc9n%10-c9cccc%10sc%11ccccc%11c9%10)ccc87)c7c(c6)sc6ccccc67)ccc4n5-c4cccc5c4sc4ccccc45)ccc32)cc1. The number of aromatic nitrogens is 5. The fraction of sp³-hybridized carbons (Fsp3) is 0. The normalized spacial score (nSPS) is 12.2. The number of thiophene rings is 3. The number of hydrogen-bond donors (Lipinski definition) is 0. The van der Waals surface area contributed by atoms with Gasteiger partial charge >= 0.3 is 0 Å². The summed E-state index contributed by atoms with van der Waals surface area (Å²) in [5.74, 6) is 0. The van der Waals surface area contributed by atoms with Gasteiger partial charge in [0.25, 0.3) is 0 Å². The number of nitriles is 1. The number of nitrogens with zero attached hydrogens (tertiary/aromatic N) is 6. The van der Waals surface area contributed by atoms with Gasteiger partial charge in [0.1, 0.15) is 0 Å². The van der Waals surface area contributed by atoms with Crippen LogP contribution in [0.2, 0.25) is 0 Å². The monoisotopic (exact) mass is 1310 g/mol. The largest absolute Gasteiger partial charge is 0.309 e. The van der Waals surface area contributed by atoms with E-state index in [9.17, 15) is 5.26 Å². The number of rotatable bonds is 7. The standard InChI is InChI=1S/C90H50N6S3/c91-51-52-29-36-59(37-30-52)93-71-20-6-1-14-60(71)66-44-53(31-38-73(66)93)55-33-40-75-68(46-55)69-47-57(35-41-76(69)94(75)80-23-11-19-63-62-16-3-8-25-82(62)99-90(63)80)58-49-81(88-65-18-5-10-27-84(65)98-86(88)50-58)95-72-21-7-2-15-61(72)67-45-54(32-39-74(67)95)56-34-42-77-70(48-56)89-79(24-13-43-92-89)96(77)78-22-12-28-85-87(78)64-17-4-9-26-83(64)97-85/h1-50H. The summed E-state index contributed by atoms with van der Waals surface area (Å²) in [7, 11) is 0. The molecule has 0 aliphatic rings. The van der Waals surface area contributed by atoms with Crippen LogP contribution in [0, 0.1) is 11.3 Å². The maximum absolute atomic E-state index is 9.67. The van der Waals surface area contributed by atoms with Crippen LogP contribution in [0.15, 0.2) is 303 Å². The Morgan fingerprint density at radius 1 is 0.263 bits per heavy atom. The number of para-hydroxylation sites is 2. The van der Waals surface area contributed by atoms with E-state index in [1.807, 2.05) is 64.5 Å². The Balaban J connectivity index is 0.726. The molecule has 0 N–H and O–H groups in total. The van der Waals surface area contributed by atoms with Gasteiger partial charge in [0.15, 0.2) is 0 Å². The van der Waals surface area contributed by atoms with Crippen molar-refractivity contribution in [3.05, 3.63) is 309 Å². The Kier molecular flexibility index (Phi) is 11.5. The van der Waals surface area contributed by atoms with Gasteiger partial charge in [0.05, 0.1) is 83.0 Å². The maximum Gasteiger partial charge on any atom is 0.0991 e. The number of fused-ring (bicyclic) bond motifs is 21. The number of benzene rings is 14. The third kappa shape index (κ3) is 7.93. The van der Waals surface area contributed by atoms with Crippen molar-refractivity contribution in [2.45, 2.75) is 0 Å². The molecule has 0 bridgehead atoms. The summed E-state index contributed by atoms with van der Waals surface area (Å²) in [4.78, 5) is 5.09. The van der Waals surface area contributed by atoms with Crippen molar-refractivity contribution < 1.29 is 0 Å². The molecule has 14 aromatic carbocycles. The molecule has 0 spiro atoms. The van der Waals surface area contributed by atoms with Gasteiger partial charge in [-0.15, -0.1) is 34.0 Å². The van der Waals surface area contributed by atoms with E-state index in [1.54, 1.807) is 0 Å².